The third kappa shape index (κ3) is 6.54. The normalized spacial score (nSPS) is 12.6. The monoisotopic (exact) mass is 422 g/mol. The largest absolute Gasteiger partial charge is 0.497 e. The van der Waals surface area contributed by atoms with Crippen molar-refractivity contribution in [2.75, 3.05) is 12.4 Å². The molecule has 152 valence electrons. The first kappa shape index (κ1) is 22.3. The lowest BCUT2D eigenvalue weighted by Crippen LogP contribution is -2.30. The van der Waals surface area contributed by atoms with Crippen molar-refractivity contribution < 1.29 is 17.9 Å². The number of hydrogen-bond donors (Lipinski definition) is 2. The standard InChI is InChI=1S/C20H26N2O4S2/c1-14(2)22-28(24,25)19-10-8-17(9-11-19)21-20(23)15(3)27-13-16-6-5-7-18(12-16)26-4/h5-12,14-15,22H,13H2,1-4H3,(H,21,23). The molecule has 0 radical (unpaired) electrons. The fourth-order valence-corrected chi connectivity index (χ4v) is 4.48. The lowest BCUT2D eigenvalue weighted by Gasteiger charge is -2.13. The molecule has 1 atom stereocenters. The summed E-state index contributed by atoms with van der Waals surface area (Å²) in [6, 6.07) is 13.7. The molecule has 0 aromatic heterocycles. The second kappa shape index (κ2) is 9.95. The van der Waals surface area contributed by atoms with Crippen LogP contribution >= 0.6 is 11.8 Å². The van der Waals surface area contributed by atoms with Crippen LogP contribution in [0, 0.1) is 0 Å². The van der Waals surface area contributed by atoms with Gasteiger partial charge in [0.1, 0.15) is 5.75 Å². The van der Waals surface area contributed by atoms with E-state index < -0.39 is 10.0 Å². The van der Waals surface area contributed by atoms with Crippen LogP contribution in [-0.4, -0.2) is 32.7 Å². The minimum Gasteiger partial charge on any atom is -0.497 e. The van der Waals surface area contributed by atoms with Crippen LogP contribution < -0.4 is 14.8 Å². The van der Waals surface area contributed by atoms with Gasteiger partial charge in [-0.05, 0) is 62.7 Å². The molecule has 6 nitrogen and oxygen atoms in total. The van der Waals surface area contributed by atoms with Crippen molar-refractivity contribution >= 4 is 33.4 Å². The molecule has 0 saturated heterocycles. The molecule has 2 aromatic carbocycles. The molecule has 0 bridgehead atoms. The lowest BCUT2D eigenvalue weighted by molar-refractivity contribution is -0.115. The summed E-state index contributed by atoms with van der Waals surface area (Å²) in [6.45, 7) is 5.36. The fraction of sp³-hybridized carbons (Fsp3) is 0.350. The number of anilines is 1. The van der Waals surface area contributed by atoms with E-state index in [2.05, 4.69) is 10.0 Å². The summed E-state index contributed by atoms with van der Waals surface area (Å²) >= 11 is 1.52. The predicted octanol–water partition coefficient (Wildman–Crippen LogP) is 3.64. The van der Waals surface area contributed by atoms with Crippen LogP contribution in [0.25, 0.3) is 0 Å². The van der Waals surface area contributed by atoms with Gasteiger partial charge in [-0.2, -0.15) is 0 Å². The molecule has 8 heteroatoms. The molecular formula is C20H26N2O4S2. The van der Waals surface area contributed by atoms with E-state index in [1.807, 2.05) is 31.2 Å². The van der Waals surface area contributed by atoms with Gasteiger partial charge in [-0.15, -0.1) is 11.8 Å². The van der Waals surface area contributed by atoms with Crippen LogP contribution in [0.15, 0.2) is 53.4 Å². The number of thioether (sulfide) groups is 1. The number of nitrogens with one attached hydrogen (secondary N) is 2. The molecule has 0 spiro atoms. The predicted molar refractivity (Wildman–Crippen MR) is 114 cm³/mol. The zero-order chi connectivity index (χ0) is 20.7. The molecule has 2 N–H and O–H groups in total. The maximum atomic E-state index is 12.4. The molecule has 1 unspecified atom stereocenters. The summed E-state index contributed by atoms with van der Waals surface area (Å²) in [5.41, 5.74) is 1.64. The van der Waals surface area contributed by atoms with Crippen molar-refractivity contribution in [3.63, 3.8) is 0 Å². The highest BCUT2D eigenvalue weighted by molar-refractivity contribution is 7.99. The average molecular weight is 423 g/mol. The van der Waals surface area contributed by atoms with Crippen LogP contribution in [0.2, 0.25) is 0 Å². The van der Waals surface area contributed by atoms with Crippen LogP contribution in [0.1, 0.15) is 26.3 Å². The van der Waals surface area contributed by atoms with Crippen molar-refractivity contribution in [2.24, 2.45) is 0 Å². The molecule has 1 amide bonds. The van der Waals surface area contributed by atoms with E-state index in [9.17, 15) is 13.2 Å². The van der Waals surface area contributed by atoms with Crippen molar-refractivity contribution in [1.82, 2.24) is 4.72 Å². The zero-order valence-electron chi connectivity index (χ0n) is 16.4. The van der Waals surface area contributed by atoms with Gasteiger partial charge >= 0.3 is 0 Å². The Kier molecular flexibility index (Phi) is 7.91. The molecule has 28 heavy (non-hydrogen) atoms. The van der Waals surface area contributed by atoms with E-state index in [1.165, 1.54) is 23.9 Å². The van der Waals surface area contributed by atoms with Gasteiger partial charge in [0, 0.05) is 17.5 Å². The van der Waals surface area contributed by atoms with Crippen LogP contribution in [0.3, 0.4) is 0 Å². The minimum atomic E-state index is -3.54. The van der Waals surface area contributed by atoms with Crippen molar-refractivity contribution in [2.45, 2.75) is 42.7 Å². The van der Waals surface area contributed by atoms with Crippen LogP contribution in [0.5, 0.6) is 5.75 Å². The van der Waals surface area contributed by atoms with Gasteiger partial charge in [0.05, 0.1) is 17.3 Å². The lowest BCUT2D eigenvalue weighted by atomic mass is 10.2. The number of carbonyl (C=O) groups excluding carboxylic acids is 1. The third-order valence-electron chi connectivity index (χ3n) is 3.83. The van der Waals surface area contributed by atoms with Gasteiger partial charge in [-0.3, -0.25) is 4.79 Å². The summed E-state index contributed by atoms with van der Waals surface area (Å²) < 4.78 is 32.0. The van der Waals surface area contributed by atoms with E-state index in [0.717, 1.165) is 11.3 Å². The first-order chi connectivity index (χ1) is 13.2. The number of rotatable bonds is 9. The Morgan fingerprint density at radius 3 is 2.39 bits per heavy atom. The first-order valence-electron chi connectivity index (χ1n) is 8.89. The van der Waals surface area contributed by atoms with E-state index in [-0.39, 0.29) is 22.1 Å². The van der Waals surface area contributed by atoms with E-state index in [4.69, 9.17) is 4.74 Å². The Morgan fingerprint density at radius 2 is 1.79 bits per heavy atom. The number of carbonyl (C=O) groups is 1. The molecule has 2 aromatic rings. The second-order valence-corrected chi connectivity index (χ2v) is 9.64. The Bertz CT molecular complexity index is 897. The van der Waals surface area contributed by atoms with E-state index in [1.54, 1.807) is 33.1 Å². The van der Waals surface area contributed by atoms with Gasteiger partial charge in [-0.25, -0.2) is 13.1 Å². The highest BCUT2D eigenvalue weighted by atomic mass is 32.2. The van der Waals surface area contributed by atoms with Gasteiger partial charge in [-0.1, -0.05) is 12.1 Å². The summed E-state index contributed by atoms with van der Waals surface area (Å²) in [6.07, 6.45) is 0. The van der Waals surface area contributed by atoms with Crippen LogP contribution in [0.4, 0.5) is 5.69 Å². The van der Waals surface area contributed by atoms with Crippen molar-refractivity contribution in [3.05, 3.63) is 54.1 Å². The third-order valence-corrected chi connectivity index (χ3v) is 6.71. The Hall–Kier alpha value is -2.03. The smallest absolute Gasteiger partial charge is 0.240 e. The number of hydrogen-bond acceptors (Lipinski definition) is 5. The fourth-order valence-electron chi connectivity index (χ4n) is 2.40. The molecule has 2 rings (SSSR count). The van der Waals surface area contributed by atoms with Crippen molar-refractivity contribution in [3.8, 4) is 5.75 Å². The Morgan fingerprint density at radius 1 is 1.11 bits per heavy atom. The quantitative estimate of drug-likeness (QED) is 0.644. The summed E-state index contributed by atoms with van der Waals surface area (Å²) in [7, 11) is -1.92. The Balaban J connectivity index is 1.92. The molecule has 0 aliphatic rings. The van der Waals surface area contributed by atoms with Gasteiger partial charge in [0.25, 0.3) is 0 Å². The number of amides is 1. The number of sulfonamides is 1. The molecule has 0 aliphatic heterocycles. The zero-order valence-corrected chi connectivity index (χ0v) is 18.1. The minimum absolute atomic E-state index is 0.135. The second-order valence-electron chi connectivity index (χ2n) is 6.59. The van der Waals surface area contributed by atoms with Crippen molar-refractivity contribution in [1.29, 1.82) is 0 Å². The molecular weight excluding hydrogens is 396 g/mol. The topological polar surface area (TPSA) is 84.5 Å². The molecule has 0 aliphatic carbocycles. The average Bonchev–Trinajstić information content (AvgIpc) is 2.65. The summed E-state index contributed by atoms with van der Waals surface area (Å²) in [5, 5.41) is 2.55. The number of methoxy groups -OCH3 is 1. The van der Waals surface area contributed by atoms with Gasteiger partial charge in [0.15, 0.2) is 0 Å². The summed E-state index contributed by atoms with van der Waals surface area (Å²) in [4.78, 5) is 12.6. The van der Waals surface area contributed by atoms with Gasteiger partial charge < -0.3 is 10.1 Å². The Labute approximate surface area is 171 Å². The van der Waals surface area contributed by atoms with E-state index >= 15 is 0 Å². The van der Waals surface area contributed by atoms with Gasteiger partial charge in [0.2, 0.25) is 15.9 Å². The summed E-state index contributed by atoms with van der Waals surface area (Å²) in [5.74, 6) is 1.34. The maximum absolute atomic E-state index is 12.4. The molecule has 0 heterocycles. The number of ether oxygens (including phenoxy) is 1. The van der Waals surface area contributed by atoms with E-state index in [0.29, 0.717) is 11.4 Å². The molecule has 0 saturated carbocycles. The molecule has 0 fully saturated rings. The highest BCUT2D eigenvalue weighted by Gasteiger charge is 2.17. The maximum Gasteiger partial charge on any atom is 0.240 e. The van der Waals surface area contributed by atoms with Crippen LogP contribution in [-0.2, 0) is 20.6 Å². The highest BCUT2D eigenvalue weighted by Crippen LogP contribution is 2.22. The number of benzene rings is 2. The SMILES string of the molecule is COc1cccc(CSC(C)C(=O)Nc2ccc(S(=O)(=O)NC(C)C)cc2)c1. The first-order valence-corrected chi connectivity index (χ1v) is 11.4.